The number of aliphatic carboxylic acids is 1. The highest BCUT2D eigenvalue weighted by molar-refractivity contribution is 6.00. The molecule has 0 saturated carbocycles. The highest BCUT2D eigenvalue weighted by Gasteiger charge is 2.24. The fraction of sp³-hybridized carbons (Fsp3) is 0.480. The van der Waals surface area contributed by atoms with Crippen molar-refractivity contribution in [2.24, 2.45) is 5.92 Å². The van der Waals surface area contributed by atoms with Crippen molar-refractivity contribution in [3.8, 4) is 0 Å². The molecule has 7 heteroatoms. The Balaban J connectivity index is 1.74. The maximum Gasteiger partial charge on any atom is 0.340 e. The Morgan fingerprint density at radius 1 is 1.06 bits per heavy atom. The zero-order valence-electron chi connectivity index (χ0n) is 18.9. The van der Waals surface area contributed by atoms with Gasteiger partial charge in [0.2, 0.25) is 5.91 Å². The Kier molecular flexibility index (Phi) is 5.84. The summed E-state index contributed by atoms with van der Waals surface area (Å²) in [7, 11) is 0. The molecular weight excluding hydrogens is 410 g/mol. The number of nitrogens with one attached hydrogen (secondary N) is 1. The number of carbonyl (C=O) groups excluding carboxylic acids is 2. The van der Waals surface area contributed by atoms with Gasteiger partial charge in [-0.15, -0.1) is 0 Å². The van der Waals surface area contributed by atoms with Crippen molar-refractivity contribution in [2.45, 2.75) is 72.3 Å². The Labute approximate surface area is 185 Å². The number of hydrogen-bond acceptors (Lipinski definition) is 6. The van der Waals surface area contributed by atoms with Gasteiger partial charge in [-0.05, 0) is 57.1 Å². The van der Waals surface area contributed by atoms with Crippen LogP contribution in [0.4, 0.5) is 0 Å². The number of benzene rings is 1. The monoisotopic (exact) mass is 438 g/mol. The van der Waals surface area contributed by atoms with Gasteiger partial charge in [-0.25, -0.2) is 4.79 Å². The van der Waals surface area contributed by atoms with Crippen LogP contribution in [-0.4, -0.2) is 17.9 Å². The number of fused-ring (bicyclic) bond motifs is 4. The lowest BCUT2D eigenvalue weighted by atomic mass is 9.93. The first-order chi connectivity index (χ1) is 15.2. The zero-order valence-corrected chi connectivity index (χ0v) is 18.9. The van der Waals surface area contributed by atoms with E-state index in [-0.39, 0.29) is 24.3 Å². The Morgan fingerprint density at radius 2 is 1.75 bits per heavy atom. The molecule has 0 spiro atoms. The standard InChI is InChI=1S/C25H29NO6/c1-12(2)9-19(24(28)29)26-21(27)11-17-13(3)16-10-18-15-7-5-6-8-20(15)31-23(18)14(4)22(16)32-25(17)30/h10,12,19H,5-9,11H2,1-4H3,(H,26,27)(H,28,29)/p-1/t19-/m0/s1. The lowest BCUT2D eigenvalue weighted by molar-refractivity contribution is -0.308. The lowest BCUT2D eigenvalue weighted by Gasteiger charge is -2.21. The molecule has 1 aromatic carbocycles. The summed E-state index contributed by atoms with van der Waals surface area (Å²) in [5, 5.41) is 15.7. The number of aryl methyl sites for hydroxylation is 4. The average molecular weight is 439 g/mol. The van der Waals surface area contributed by atoms with Crippen molar-refractivity contribution >= 4 is 33.8 Å². The largest absolute Gasteiger partial charge is 0.548 e. The van der Waals surface area contributed by atoms with Gasteiger partial charge in [0.05, 0.1) is 24.0 Å². The van der Waals surface area contributed by atoms with Gasteiger partial charge in [0.15, 0.2) is 0 Å². The van der Waals surface area contributed by atoms with E-state index in [1.807, 2.05) is 26.8 Å². The van der Waals surface area contributed by atoms with E-state index in [1.165, 1.54) is 5.56 Å². The molecule has 1 N–H and O–H groups in total. The molecule has 0 unspecified atom stereocenters. The molecule has 0 radical (unpaired) electrons. The van der Waals surface area contributed by atoms with Gasteiger partial charge in [-0.1, -0.05) is 13.8 Å². The summed E-state index contributed by atoms with van der Waals surface area (Å²) in [4.78, 5) is 36.7. The van der Waals surface area contributed by atoms with Crippen LogP contribution in [0.3, 0.4) is 0 Å². The molecule has 0 fully saturated rings. The SMILES string of the molecule is Cc1c(CC(=O)N[C@@H](CC(C)C)C(=O)[O-])c(=O)oc2c(C)c3oc4c(c3cc12)CCCC4. The van der Waals surface area contributed by atoms with Crippen molar-refractivity contribution in [1.29, 1.82) is 0 Å². The molecule has 32 heavy (non-hydrogen) atoms. The lowest BCUT2D eigenvalue weighted by Crippen LogP contribution is -2.49. The highest BCUT2D eigenvalue weighted by atomic mass is 16.4. The van der Waals surface area contributed by atoms with Crippen molar-refractivity contribution < 1.29 is 23.5 Å². The van der Waals surface area contributed by atoms with Crippen LogP contribution in [0, 0.1) is 19.8 Å². The number of carboxylic acid groups (broad SMARTS) is 1. The van der Waals surface area contributed by atoms with Gasteiger partial charge >= 0.3 is 5.63 Å². The second kappa shape index (κ2) is 8.45. The van der Waals surface area contributed by atoms with Crippen molar-refractivity contribution in [3.63, 3.8) is 0 Å². The predicted molar refractivity (Wildman–Crippen MR) is 118 cm³/mol. The second-order valence-corrected chi connectivity index (χ2v) is 9.20. The molecule has 7 nitrogen and oxygen atoms in total. The van der Waals surface area contributed by atoms with Gasteiger partial charge in [-0.2, -0.15) is 0 Å². The molecule has 0 bridgehead atoms. The number of rotatable bonds is 6. The maximum absolute atomic E-state index is 12.8. The maximum atomic E-state index is 12.8. The first kappa shape index (κ1) is 22.1. The van der Waals surface area contributed by atoms with Crippen LogP contribution in [-0.2, 0) is 28.9 Å². The van der Waals surface area contributed by atoms with Gasteiger partial charge in [0.1, 0.15) is 16.9 Å². The summed E-state index contributed by atoms with van der Waals surface area (Å²) in [5.74, 6) is -0.815. The molecule has 1 aliphatic rings. The number of amides is 1. The minimum Gasteiger partial charge on any atom is -0.548 e. The van der Waals surface area contributed by atoms with E-state index in [0.717, 1.165) is 53.4 Å². The van der Waals surface area contributed by atoms with Crippen molar-refractivity contribution in [3.05, 3.63) is 44.5 Å². The Morgan fingerprint density at radius 3 is 2.44 bits per heavy atom. The zero-order chi connectivity index (χ0) is 23.2. The van der Waals surface area contributed by atoms with Gasteiger partial charge in [-0.3, -0.25) is 4.79 Å². The fourth-order valence-electron chi connectivity index (χ4n) is 4.71. The van der Waals surface area contributed by atoms with Gasteiger partial charge < -0.3 is 24.1 Å². The number of hydrogen-bond donors (Lipinski definition) is 1. The average Bonchev–Trinajstić information content (AvgIpc) is 3.10. The number of furan rings is 1. The van der Waals surface area contributed by atoms with Crippen molar-refractivity contribution in [2.75, 3.05) is 0 Å². The third-order valence-corrected chi connectivity index (χ3v) is 6.39. The summed E-state index contributed by atoms with van der Waals surface area (Å²) in [6.45, 7) is 7.40. The summed E-state index contributed by atoms with van der Waals surface area (Å²) in [6, 6.07) is 0.892. The minimum atomic E-state index is -1.34. The number of carbonyl (C=O) groups is 2. The molecule has 1 amide bonds. The van der Waals surface area contributed by atoms with Gasteiger partial charge in [0, 0.05) is 28.3 Å². The van der Waals surface area contributed by atoms with E-state index in [2.05, 4.69) is 5.32 Å². The first-order valence-corrected chi connectivity index (χ1v) is 11.2. The van der Waals surface area contributed by atoms with Crippen LogP contribution in [0.25, 0.3) is 21.9 Å². The topological polar surface area (TPSA) is 113 Å². The second-order valence-electron chi connectivity index (χ2n) is 9.20. The summed E-state index contributed by atoms with van der Waals surface area (Å²) < 4.78 is 11.8. The van der Waals surface area contributed by atoms with Crippen LogP contribution < -0.4 is 16.0 Å². The molecule has 170 valence electrons. The molecule has 0 aliphatic heterocycles. The predicted octanol–water partition coefficient (Wildman–Crippen LogP) is 2.86. The molecule has 1 aliphatic carbocycles. The van der Waals surface area contributed by atoms with Gasteiger partial charge in [0.25, 0.3) is 0 Å². The van der Waals surface area contributed by atoms with Crippen LogP contribution >= 0.6 is 0 Å². The fourth-order valence-corrected chi connectivity index (χ4v) is 4.71. The molecule has 1 atom stereocenters. The normalized spacial score (nSPS) is 14.7. The molecule has 2 heterocycles. The van der Waals surface area contributed by atoms with E-state index in [0.29, 0.717) is 11.1 Å². The first-order valence-electron chi connectivity index (χ1n) is 11.2. The summed E-state index contributed by atoms with van der Waals surface area (Å²) in [6.07, 6.45) is 4.07. The van der Waals surface area contributed by atoms with Crippen LogP contribution in [0.5, 0.6) is 0 Å². The van der Waals surface area contributed by atoms with E-state index < -0.39 is 23.5 Å². The smallest absolute Gasteiger partial charge is 0.340 e. The third kappa shape index (κ3) is 3.92. The van der Waals surface area contributed by atoms with Crippen LogP contribution in [0.1, 0.15) is 61.1 Å². The van der Waals surface area contributed by atoms with E-state index in [9.17, 15) is 19.5 Å². The molecule has 0 saturated heterocycles. The van der Waals surface area contributed by atoms with Crippen molar-refractivity contribution in [1.82, 2.24) is 5.32 Å². The Hall–Kier alpha value is -3.09. The quantitative estimate of drug-likeness (QED) is 0.592. The van der Waals surface area contributed by atoms with Crippen LogP contribution in [0.15, 0.2) is 19.7 Å². The molecular formula is C25H28NO6-. The third-order valence-electron chi connectivity index (χ3n) is 6.39. The summed E-state index contributed by atoms with van der Waals surface area (Å²) in [5.41, 5.74) is 3.50. The van der Waals surface area contributed by atoms with E-state index in [4.69, 9.17) is 8.83 Å². The van der Waals surface area contributed by atoms with Crippen LogP contribution in [0.2, 0.25) is 0 Å². The molecule has 3 aromatic rings. The van der Waals surface area contributed by atoms with E-state index >= 15 is 0 Å². The summed E-state index contributed by atoms with van der Waals surface area (Å²) >= 11 is 0. The minimum absolute atomic E-state index is 0.0666. The molecule has 2 aromatic heterocycles. The number of carboxylic acids is 1. The highest BCUT2D eigenvalue weighted by Crippen LogP contribution is 2.37. The molecule has 4 rings (SSSR count). The van der Waals surface area contributed by atoms with E-state index in [1.54, 1.807) is 6.92 Å². The Bertz CT molecular complexity index is 1280.